The topological polar surface area (TPSA) is 197 Å². The van der Waals surface area contributed by atoms with Gasteiger partial charge in [-0.05, 0) is 117 Å². The number of hydrogen-bond acceptors (Lipinski definition) is 9. The third kappa shape index (κ3) is 8.56. The minimum Gasteiger partial charge on any atom is -0.370 e. The summed E-state index contributed by atoms with van der Waals surface area (Å²) < 4.78 is 65.5. The minimum absolute atomic E-state index is 0.0463. The van der Waals surface area contributed by atoms with Crippen molar-refractivity contribution in [2.24, 2.45) is 25.2 Å². The Kier molecular flexibility index (Phi) is 11.8. The van der Waals surface area contributed by atoms with E-state index >= 15 is 0 Å². The molecule has 71 heavy (non-hydrogen) atoms. The smallest absolute Gasteiger partial charge is 0.370 e. The number of benzene rings is 4. The molecule has 0 aliphatic carbocycles. The summed E-state index contributed by atoms with van der Waals surface area (Å²) in [6, 6.07) is 18.4. The van der Waals surface area contributed by atoms with Crippen molar-refractivity contribution in [3.05, 3.63) is 129 Å². The molecule has 3 fully saturated rings. The number of aromatic nitrogens is 6. The first-order valence-electron chi connectivity index (χ1n) is 23.3. The van der Waals surface area contributed by atoms with E-state index in [9.17, 15) is 46.3 Å². The highest BCUT2D eigenvalue weighted by Crippen LogP contribution is 2.44. The number of likely N-dealkylation sites (tertiary alicyclic amines) is 1. The average Bonchev–Trinajstić information content (AvgIpc) is 3.98. The van der Waals surface area contributed by atoms with Gasteiger partial charge in [0.2, 0.25) is 11.8 Å². The van der Waals surface area contributed by atoms with Crippen molar-refractivity contribution in [3.8, 4) is 16.9 Å². The predicted octanol–water partition coefficient (Wildman–Crippen LogP) is 5.72. The molecule has 0 saturated carbocycles. The Morgan fingerprint density at radius 3 is 2.23 bits per heavy atom. The molecule has 3 aromatic heterocycles. The highest BCUT2D eigenvalue weighted by atomic mass is 19.4. The van der Waals surface area contributed by atoms with E-state index in [1.165, 1.54) is 33.3 Å². The van der Waals surface area contributed by atoms with E-state index in [1.54, 1.807) is 41.9 Å². The number of primary amides is 1. The molecule has 1 atom stereocenters. The molecule has 4 aromatic carbocycles. The highest BCUT2D eigenvalue weighted by Gasteiger charge is 2.39. The number of imidazole rings is 1. The number of nitrogens with two attached hydrogens (primary N) is 1. The Labute approximate surface area is 402 Å². The van der Waals surface area contributed by atoms with Crippen LogP contribution in [0.2, 0.25) is 0 Å². The van der Waals surface area contributed by atoms with Crippen molar-refractivity contribution >= 4 is 56.9 Å². The van der Waals surface area contributed by atoms with E-state index in [2.05, 4.69) is 25.5 Å². The lowest BCUT2D eigenvalue weighted by Crippen LogP contribution is -2.47. The van der Waals surface area contributed by atoms with Gasteiger partial charge in [0, 0.05) is 63.5 Å². The number of para-hydroxylation sites is 1. The largest absolute Gasteiger partial charge is 0.416 e. The molecule has 3 aliphatic rings. The number of nitrogens with one attached hydrogen (secondary N) is 2. The van der Waals surface area contributed by atoms with Gasteiger partial charge in [-0.3, -0.25) is 33.6 Å². The molecule has 4 N–H and O–H groups in total. The molecule has 7 aromatic rings. The van der Waals surface area contributed by atoms with Crippen molar-refractivity contribution < 1.29 is 36.7 Å². The quantitative estimate of drug-likeness (QED) is 0.114. The number of amides is 4. The van der Waals surface area contributed by atoms with Gasteiger partial charge in [-0.1, -0.05) is 18.2 Å². The van der Waals surface area contributed by atoms with Crippen LogP contribution in [0.3, 0.4) is 0 Å². The number of alkyl halides is 3. The Morgan fingerprint density at radius 1 is 0.845 bits per heavy atom. The zero-order valence-corrected chi connectivity index (χ0v) is 38.8. The lowest BCUT2D eigenvalue weighted by Gasteiger charge is -2.47. The van der Waals surface area contributed by atoms with Crippen LogP contribution in [0.4, 0.5) is 28.9 Å². The molecule has 4 amide bonds. The molecule has 0 bridgehead atoms. The number of anilines is 2. The first-order chi connectivity index (χ1) is 33.9. The Hall–Kier alpha value is -7.81. The third-order valence-electron chi connectivity index (χ3n) is 14.6. The van der Waals surface area contributed by atoms with Crippen LogP contribution in [-0.2, 0) is 36.4 Å². The molecular formula is C50H49F4N11O6. The standard InChI is InChI=1S/C50H49F4N11O6/c1-59-43-37(4-3-5-38(43)65(47(59)70)39-12-13-41(66)58-46(39)69)62-20-16-49(17-21-62)14-18-61(19-15-49)22-23-63-40(29-6-9-33(10-7-29)64-28-56-60(2)48(64)71)25-30-24-31(50(52,53)54)26-35(42(30)63)45(68)57-32-8-11-36(51)34(27-32)44(55)67/h3-11,24-28,39H,12-23H2,1-2H3,(H2,55,67)(H,57,68)(H,58,66,69). The molecule has 10 rings (SSSR count). The van der Waals surface area contributed by atoms with Crippen molar-refractivity contribution in [2.75, 3.05) is 42.9 Å². The van der Waals surface area contributed by atoms with E-state index in [-0.39, 0.29) is 64.2 Å². The van der Waals surface area contributed by atoms with E-state index < -0.39 is 46.9 Å². The monoisotopic (exact) mass is 975 g/mol. The SMILES string of the molecule is Cn1ncn(-c2ccc(-c3cc4cc(C(F)(F)F)cc(C(=O)Nc5ccc(F)c(C(N)=O)c5)c4n3CCN3CCC4(CC3)CCN(c3cccc5c3n(C)c(=O)n5C3CCC(=O)NC3=O)CC4)cc2)c1=O. The lowest BCUT2D eigenvalue weighted by atomic mass is 9.71. The molecule has 6 heterocycles. The van der Waals surface area contributed by atoms with Crippen molar-refractivity contribution in [1.82, 2.24) is 38.3 Å². The minimum atomic E-state index is -4.82. The molecule has 17 nitrogen and oxygen atoms in total. The van der Waals surface area contributed by atoms with Crippen LogP contribution < -0.4 is 32.6 Å². The second-order valence-corrected chi connectivity index (χ2v) is 18.8. The number of fused-ring (bicyclic) bond motifs is 2. The normalized spacial score (nSPS) is 17.6. The Balaban J connectivity index is 0.912. The first kappa shape index (κ1) is 46.9. The summed E-state index contributed by atoms with van der Waals surface area (Å²) in [5, 5.41) is 9.09. The fourth-order valence-corrected chi connectivity index (χ4v) is 10.7. The number of carbonyl (C=O) groups is 4. The fourth-order valence-electron chi connectivity index (χ4n) is 10.7. The summed E-state index contributed by atoms with van der Waals surface area (Å²) in [5.41, 5.74) is 6.96. The van der Waals surface area contributed by atoms with Gasteiger partial charge >= 0.3 is 17.6 Å². The molecule has 3 saturated heterocycles. The summed E-state index contributed by atoms with van der Waals surface area (Å²) in [5.74, 6) is -3.77. The van der Waals surface area contributed by atoms with Crippen molar-refractivity contribution in [1.29, 1.82) is 0 Å². The van der Waals surface area contributed by atoms with Gasteiger partial charge in [0.15, 0.2) is 0 Å². The number of hydrogen-bond donors (Lipinski definition) is 3. The maximum Gasteiger partial charge on any atom is 0.416 e. The molecule has 1 unspecified atom stereocenters. The number of nitrogens with zero attached hydrogens (tertiary/aromatic N) is 8. The van der Waals surface area contributed by atoms with Crippen LogP contribution in [0.25, 0.3) is 38.9 Å². The summed E-state index contributed by atoms with van der Waals surface area (Å²) in [6.07, 6.45) is 0.560. The average molecular weight is 976 g/mol. The molecule has 21 heteroatoms. The number of piperidine rings is 3. The highest BCUT2D eigenvalue weighted by molar-refractivity contribution is 6.13. The Morgan fingerprint density at radius 2 is 1.56 bits per heavy atom. The van der Waals surface area contributed by atoms with E-state index in [0.717, 1.165) is 87.3 Å². The van der Waals surface area contributed by atoms with Gasteiger partial charge in [0.1, 0.15) is 18.2 Å². The first-order valence-corrected chi connectivity index (χ1v) is 23.3. The van der Waals surface area contributed by atoms with Crippen molar-refractivity contribution in [3.63, 3.8) is 0 Å². The molecule has 3 aliphatic heterocycles. The van der Waals surface area contributed by atoms with Gasteiger partial charge in [-0.25, -0.2) is 23.2 Å². The Bertz CT molecular complexity index is 3420. The fraction of sp³-hybridized carbons (Fsp3) is 0.340. The van der Waals surface area contributed by atoms with Crippen LogP contribution in [-0.4, -0.2) is 89.3 Å². The second kappa shape index (κ2) is 17.9. The number of halogens is 4. The zero-order valence-electron chi connectivity index (χ0n) is 38.8. The van der Waals surface area contributed by atoms with Gasteiger partial charge in [-0.2, -0.15) is 18.3 Å². The number of rotatable bonds is 10. The maximum absolute atomic E-state index is 14.6. The van der Waals surface area contributed by atoms with Gasteiger partial charge in [0.25, 0.3) is 11.8 Å². The maximum atomic E-state index is 14.6. The molecular weight excluding hydrogens is 927 g/mol. The second-order valence-electron chi connectivity index (χ2n) is 18.8. The van der Waals surface area contributed by atoms with Crippen LogP contribution >= 0.6 is 0 Å². The third-order valence-corrected chi connectivity index (χ3v) is 14.6. The molecule has 1 spiro atoms. The lowest BCUT2D eigenvalue weighted by molar-refractivity contribution is -0.138. The zero-order chi connectivity index (χ0) is 50.1. The van der Waals surface area contributed by atoms with Crippen LogP contribution in [0, 0.1) is 11.2 Å². The molecule has 0 radical (unpaired) electrons. The molecule has 368 valence electrons. The number of imide groups is 1. The summed E-state index contributed by atoms with van der Waals surface area (Å²) in [4.78, 5) is 81.8. The predicted molar refractivity (Wildman–Crippen MR) is 256 cm³/mol. The van der Waals surface area contributed by atoms with Crippen LogP contribution in [0.15, 0.2) is 94.8 Å². The van der Waals surface area contributed by atoms with Gasteiger partial charge < -0.3 is 25.4 Å². The van der Waals surface area contributed by atoms with E-state index in [4.69, 9.17) is 5.73 Å². The van der Waals surface area contributed by atoms with Crippen molar-refractivity contribution in [2.45, 2.75) is 57.3 Å². The van der Waals surface area contributed by atoms with Crippen LogP contribution in [0.1, 0.15) is 70.8 Å². The van der Waals surface area contributed by atoms with E-state index in [0.29, 0.717) is 29.0 Å². The summed E-state index contributed by atoms with van der Waals surface area (Å²) in [7, 11) is 3.22. The van der Waals surface area contributed by atoms with Crippen LogP contribution in [0.5, 0.6) is 0 Å². The van der Waals surface area contributed by atoms with E-state index in [1.807, 2.05) is 22.8 Å². The number of carbonyl (C=O) groups excluding carboxylic acids is 4. The number of aryl methyl sites for hydroxylation is 2. The van der Waals surface area contributed by atoms with Gasteiger partial charge in [-0.15, -0.1) is 0 Å². The van der Waals surface area contributed by atoms with Gasteiger partial charge in [0.05, 0.1) is 44.6 Å². The summed E-state index contributed by atoms with van der Waals surface area (Å²) >= 11 is 0. The summed E-state index contributed by atoms with van der Waals surface area (Å²) in [6.45, 7) is 3.76.